The van der Waals surface area contributed by atoms with E-state index in [1.54, 1.807) is 0 Å². The summed E-state index contributed by atoms with van der Waals surface area (Å²) in [5, 5.41) is 5.13. The highest BCUT2D eigenvalue weighted by Gasteiger charge is 2.21. The Hall–Kier alpha value is -1.18. The van der Waals surface area contributed by atoms with E-state index in [1.165, 1.54) is 16.7 Å². The van der Waals surface area contributed by atoms with Crippen LogP contribution >= 0.6 is 23.2 Å². The molecule has 0 aromatic heterocycles. The van der Waals surface area contributed by atoms with Crippen LogP contribution in [0.25, 0.3) is 0 Å². The maximum atomic E-state index is 6.23. The number of nitrogens with one attached hydrogen (secondary N) is 1. The van der Waals surface area contributed by atoms with Crippen molar-refractivity contribution in [1.29, 1.82) is 0 Å². The third-order valence-corrected chi connectivity index (χ3v) is 4.15. The summed E-state index contributed by atoms with van der Waals surface area (Å²) in [5.41, 5.74) is 4.95. The van der Waals surface area contributed by atoms with Gasteiger partial charge in [0.05, 0.1) is 10.7 Å². The summed E-state index contributed by atoms with van der Waals surface area (Å²) >= 11 is 12.3. The molecule has 3 rings (SSSR count). The topological polar surface area (TPSA) is 12.0 Å². The minimum atomic E-state index is 0.396. The Morgan fingerprint density at radius 3 is 2.63 bits per heavy atom. The van der Waals surface area contributed by atoms with Crippen LogP contribution in [0.3, 0.4) is 0 Å². The highest BCUT2D eigenvalue weighted by Crippen LogP contribution is 2.30. The van der Waals surface area contributed by atoms with Gasteiger partial charge in [-0.25, -0.2) is 0 Å². The lowest BCUT2D eigenvalue weighted by molar-refractivity contribution is 0.774. The van der Waals surface area contributed by atoms with E-state index in [-0.39, 0.29) is 0 Å². The standard InChI is InChI=1S/C16H15Cl2N/c1-10-2-5-15(18)16(6-10)19-14-8-11-3-4-13(17)7-12(11)9-14/h2-7,14,19H,8-9H2,1H3. The Bertz CT molecular complexity index is 622. The number of aryl methyl sites for hydroxylation is 1. The van der Waals surface area contributed by atoms with Crippen molar-refractivity contribution < 1.29 is 0 Å². The van der Waals surface area contributed by atoms with Gasteiger partial charge in [-0.05, 0) is 60.7 Å². The second-order valence-corrected chi connectivity index (χ2v) is 5.99. The second kappa shape index (κ2) is 5.07. The predicted octanol–water partition coefficient (Wildman–Crippen LogP) is 4.88. The van der Waals surface area contributed by atoms with Crippen LogP contribution in [0.5, 0.6) is 0 Å². The van der Waals surface area contributed by atoms with Gasteiger partial charge in [-0.2, -0.15) is 0 Å². The lowest BCUT2D eigenvalue weighted by Crippen LogP contribution is -2.19. The molecule has 0 aliphatic heterocycles. The predicted molar refractivity (Wildman–Crippen MR) is 82.5 cm³/mol. The number of fused-ring (bicyclic) bond motifs is 1. The fourth-order valence-corrected chi connectivity index (χ4v) is 3.03. The van der Waals surface area contributed by atoms with Gasteiger partial charge in [-0.15, -0.1) is 0 Å². The third-order valence-electron chi connectivity index (χ3n) is 3.58. The van der Waals surface area contributed by atoms with E-state index in [0.717, 1.165) is 28.6 Å². The molecular weight excluding hydrogens is 277 g/mol. The first kappa shape index (κ1) is 12.8. The molecule has 2 aromatic rings. The van der Waals surface area contributed by atoms with Crippen LogP contribution < -0.4 is 5.32 Å². The molecule has 19 heavy (non-hydrogen) atoms. The molecule has 0 saturated carbocycles. The van der Waals surface area contributed by atoms with E-state index in [0.29, 0.717) is 6.04 Å². The van der Waals surface area contributed by atoms with Crippen molar-refractivity contribution in [2.45, 2.75) is 25.8 Å². The van der Waals surface area contributed by atoms with Crippen molar-refractivity contribution in [1.82, 2.24) is 0 Å². The van der Waals surface area contributed by atoms with Gasteiger partial charge in [0.15, 0.2) is 0 Å². The molecule has 2 aromatic carbocycles. The van der Waals surface area contributed by atoms with Gasteiger partial charge >= 0.3 is 0 Å². The molecule has 1 N–H and O–H groups in total. The average molecular weight is 292 g/mol. The fraction of sp³-hybridized carbons (Fsp3) is 0.250. The Labute approximate surface area is 123 Å². The maximum Gasteiger partial charge on any atom is 0.0637 e. The van der Waals surface area contributed by atoms with Crippen LogP contribution in [0.2, 0.25) is 10.0 Å². The molecule has 0 bridgehead atoms. The molecule has 0 spiro atoms. The summed E-state index contributed by atoms with van der Waals surface area (Å²) in [4.78, 5) is 0. The Morgan fingerprint density at radius 2 is 1.79 bits per heavy atom. The second-order valence-electron chi connectivity index (χ2n) is 5.15. The van der Waals surface area contributed by atoms with E-state index >= 15 is 0 Å². The zero-order chi connectivity index (χ0) is 13.4. The molecule has 1 nitrogen and oxygen atoms in total. The highest BCUT2D eigenvalue weighted by atomic mass is 35.5. The van der Waals surface area contributed by atoms with Gasteiger partial charge in [0.25, 0.3) is 0 Å². The van der Waals surface area contributed by atoms with Crippen LogP contribution in [0, 0.1) is 6.92 Å². The summed E-state index contributed by atoms with van der Waals surface area (Å²) < 4.78 is 0. The van der Waals surface area contributed by atoms with Crippen LogP contribution in [0.15, 0.2) is 36.4 Å². The molecule has 1 aliphatic carbocycles. The molecule has 1 unspecified atom stereocenters. The van der Waals surface area contributed by atoms with Crippen molar-refractivity contribution in [2.24, 2.45) is 0 Å². The van der Waals surface area contributed by atoms with Crippen molar-refractivity contribution in [2.75, 3.05) is 5.32 Å². The number of hydrogen-bond donors (Lipinski definition) is 1. The summed E-state index contributed by atoms with van der Waals surface area (Å²) in [6.07, 6.45) is 2.02. The summed E-state index contributed by atoms with van der Waals surface area (Å²) in [7, 11) is 0. The minimum Gasteiger partial charge on any atom is -0.380 e. The number of halogens is 2. The average Bonchev–Trinajstić information content (AvgIpc) is 2.75. The van der Waals surface area contributed by atoms with Crippen LogP contribution in [0.4, 0.5) is 5.69 Å². The molecular formula is C16H15Cl2N. The van der Waals surface area contributed by atoms with Crippen LogP contribution in [-0.4, -0.2) is 6.04 Å². The van der Waals surface area contributed by atoms with Crippen LogP contribution in [0.1, 0.15) is 16.7 Å². The monoisotopic (exact) mass is 291 g/mol. The smallest absolute Gasteiger partial charge is 0.0637 e. The first-order valence-corrected chi connectivity index (χ1v) is 7.17. The molecule has 0 heterocycles. The number of rotatable bonds is 2. The van der Waals surface area contributed by atoms with Gasteiger partial charge < -0.3 is 5.32 Å². The molecule has 1 atom stereocenters. The van der Waals surface area contributed by atoms with Crippen molar-refractivity contribution in [3.05, 3.63) is 63.1 Å². The number of hydrogen-bond acceptors (Lipinski definition) is 1. The van der Waals surface area contributed by atoms with Gasteiger partial charge in [-0.1, -0.05) is 35.3 Å². The van der Waals surface area contributed by atoms with Crippen molar-refractivity contribution in [3.63, 3.8) is 0 Å². The number of anilines is 1. The first-order valence-electron chi connectivity index (χ1n) is 6.42. The van der Waals surface area contributed by atoms with E-state index in [4.69, 9.17) is 23.2 Å². The SMILES string of the molecule is Cc1ccc(Cl)c(NC2Cc3ccc(Cl)cc3C2)c1. The van der Waals surface area contributed by atoms with Gasteiger partial charge in [-0.3, -0.25) is 0 Å². The van der Waals surface area contributed by atoms with Crippen LogP contribution in [-0.2, 0) is 12.8 Å². The van der Waals surface area contributed by atoms with E-state index < -0.39 is 0 Å². The fourth-order valence-electron chi connectivity index (χ4n) is 2.66. The first-order chi connectivity index (χ1) is 9.11. The number of benzene rings is 2. The zero-order valence-corrected chi connectivity index (χ0v) is 12.2. The molecule has 0 saturated heterocycles. The molecule has 0 fully saturated rings. The largest absolute Gasteiger partial charge is 0.380 e. The molecule has 3 heteroatoms. The third kappa shape index (κ3) is 2.72. The van der Waals surface area contributed by atoms with Crippen molar-refractivity contribution >= 4 is 28.9 Å². The Balaban J connectivity index is 1.78. The zero-order valence-electron chi connectivity index (χ0n) is 10.7. The normalized spacial score (nSPS) is 17.3. The maximum absolute atomic E-state index is 6.23. The summed E-state index contributed by atoms with van der Waals surface area (Å²) in [5.74, 6) is 0. The lowest BCUT2D eigenvalue weighted by atomic mass is 10.1. The molecule has 1 aliphatic rings. The quantitative estimate of drug-likeness (QED) is 0.831. The van der Waals surface area contributed by atoms with E-state index in [9.17, 15) is 0 Å². The lowest BCUT2D eigenvalue weighted by Gasteiger charge is -2.15. The van der Waals surface area contributed by atoms with Gasteiger partial charge in [0.1, 0.15) is 0 Å². The van der Waals surface area contributed by atoms with Gasteiger partial charge in [0.2, 0.25) is 0 Å². The minimum absolute atomic E-state index is 0.396. The van der Waals surface area contributed by atoms with Gasteiger partial charge in [0, 0.05) is 11.1 Å². The van der Waals surface area contributed by atoms with E-state index in [1.807, 2.05) is 18.2 Å². The Kier molecular flexibility index (Phi) is 3.42. The summed E-state index contributed by atoms with van der Waals surface area (Å²) in [6.45, 7) is 2.07. The Morgan fingerprint density at radius 1 is 1.00 bits per heavy atom. The highest BCUT2D eigenvalue weighted by molar-refractivity contribution is 6.33. The molecule has 98 valence electrons. The van der Waals surface area contributed by atoms with E-state index in [2.05, 4.69) is 30.4 Å². The molecule has 0 radical (unpaired) electrons. The summed E-state index contributed by atoms with van der Waals surface area (Å²) in [6, 6.07) is 12.6. The molecule has 0 amide bonds. The van der Waals surface area contributed by atoms with Crippen molar-refractivity contribution in [3.8, 4) is 0 Å².